The number of hydrogen-bond acceptors (Lipinski definition) is 4. The molecule has 1 saturated carbocycles. The van der Waals surface area contributed by atoms with Gasteiger partial charge < -0.3 is 10.2 Å². The van der Waals surface area contributed by atoms with E-state index in [0.29, 0.717) is 0 Å². The van der Waals surface area contributed by atoms with Crippen molar-refractivity contribution in [3.8, 4) is 0 Å². The summed E-state index contributed by atoms with van der Waals surface area (Å²) in [6, 6.07) is 7.72. The molecule has 1 heterocycles. The molecule has 4 atom stereocenters. The second-order valence-corrected chi connectivity index (χ2v) is 4.91. The smallest absolute Gasteiger partial charge is 0.0890 e. The number of aromatic nitrogens is 2. The fraction of sp³-hybridized carbons (Fsp3) is 0.385. The predicted molar refractivity (Wildman–Crippen MR) is 61.7 cm³/mol. The van der Waals surface area contributed by atoms with Crippen LogP contribution in [0.15, 0.2) is 24.3 Å². The molecule has 2 aliphatic carbocycles. The Morgan fingerprint density at radius 2 is 1.35 bits per heavy atom. The van der Waals surface area contributed by atoms with E-state index in [2.05, 4.69) is 9.97 Å². The van der Waals surface area contributed by atoms with Crippen LogP contribution in [0.2, 0.25) is 0 Å². The van der Waals surface area contributed by atoms with E-state index in [0.717, 1.165) is 28.8 Å². The van der Waals surface area contributed by atoms with Gasteiger partial charge in [0.1, 0.15) is 0 Å². The number of aliphatic hydroxyl groups excluding tert-OH is 2. The van der Waals surface area contributed by atoms with E-state index in [1.165, 1.54) is 0 Å². The molecule has 0 amide bonds. The fourth-order valence-corrected chi connectivity index (χ4v) is 3.15. The molecule has 1 aromatic heterocycles. The number of rotatable bonds is 0. The Balaban J connectivity index is 1.99. The maximum Gasteiger partial charge on any atom is 0.0890 e. The van der Waals surface area contributed by atoms with E-state index >= 15 is 0 Å². The number of fused-ring (bicyclic) bond motifs is 6. The van der Waals surface area contributed by atoms with Gasteiger partial charge >= 0.3 is 0 Å². The molecule has 0 aliphatic heterocycles. The van der Waals surface area contributed by atoms with Crippen LogP contribution in [0.1, 0.15) is 29.6 Å². The highest BCUT2D eigenvalue weighted by atomic mass is 16.3. The van der Waals surface area contributed by atoms with Crippen molar-refractivity contribution in [2.75, 3.05) is 0 Å². The molecule has 4 unspecified atom stereocenters. The van der Waals surface area contributed by atoms with E-state index in [1.807, 2.05) is 24.3 Å². The number of benzene rings is 1. The normalized spacial score (nSPS) is 34.2. The van der Waals surface area contributed by atoms with Gasteiger partial charge in [-0.15, -0.1) is 0 Å². The molecule has 86 valence electrons. The zero-order valence-corrected chi connectivity index (χ0v) is 9.11. The van der Waals surface area contributed by atoms with Gasteiger partial charge in [-0.25, -0.2) is 9.97 Å². The van der Waals surface area contributed by atoms with E-state index in [-0.39, 0.29) is 11.8 Å². The highest BCUT2D eigenvalue weighted by molar-refractivity contribution is 5.74. The Morgan fingerprint density at radius 1 is 0.882 bits per heavy atom. The minimum Gasteiger partial charge on any atom is -0.390 e. The summed E-state index contributed by atoms with van der Waals surface area (Å²) in [5.41, 5.74) is 3.49. The van der Waals surface area contributed by atoms with Gasteiger partial charge in [0.05, 0.1) is 34.6 Å². The van der Waals surface area contributed by atoms with Crippen molar-refractivity contribution in [1.29, 1.82) is 0 Å². The van der Waals surface area contributed by atoms with Crippen LogP contribution in [0.3, 0.4) is 0 Å². The number of nitrogens with zero attached hydrogens (tertiary/aromatic N) is 2. The second-order valence-electron chi connectivity index (χ2n) is 4.91. The summed E-state index contributed by atoms with van der Waals surface area (Å²) in [7, 11) is 0. The van der Waals surface area contributed by atoms with Gasteiger partial charge in [0.15, 0.2) is 0 Å². The van der Waals surface area contributed by atoms with Crippen molar-refractivity contribution in [1.82, 2.24) is 9.97 Å². The fourth-order valence-electron chi connectivity index (χ4n) is 3.15. The first-order chi connectivity index (χ1) is 8.25. The molecule has 0 spiro atoms. The van der Waals surface area contributed by atoms with Crippen molar-refractivity contribution >= 4 is 11.0 Å². The average molecular weight is 228 g/mol. The first-order valence-electron chi connectivity index (χ1n) is 5.88. The minimum atomic E-state index is -0.678. The first kappa shape index (κ1) is 9.50. The summed E-state index contributed by atoms with van der Waals surface area (Å²) in [5.74, 6) is -0.0794. The van der Waals surface area contributed by atoms with Crippen molar-refractivity contribution < 1.29 is 10.2 Å². The monoisotopic (exact) mass is 228 g/mol. The van der Waals surface area contributed by atoms with Crippen LogP contribution in [0.4, 0.5) is 0 Å². The van der Waals surface area contributed by atoms with Crippen molar-refractivity contribution in [3.05, 3.63) is 35.7 Å². The summed E-state index contributed by atoms with van der Waals surface area (Å²) in [5, 5.41) is 19.8. The quantitative estimate of drug-likeness (QED) is 0.704. The summed E-state index contributed by atoms with van der Waals surface area (Å²) in [4.78, 5) is 9.18. The summed E-state index contributed by atoms with van der Waals surface area (Å²) in [6.45, 7) is 0. The van der Waals surface area contributed by atoms with Crippen LogP contribution in [0.25, 0.3) is 11.0 Å². The molecular formula is C13H12N2O2. The molecule has 0 saturated heterocycles. The minimum absolute atomic E-state index is 0.0397. The van der Waals surface area contributed by atoms with Crippen LogP contribution in [-0.4, -0.2) is 32.4 Å². The number of aliphatic hydroxyl groups is 2. The molecule has 4 heteroatoms. The van der Waals surface area contributed by atoms with E-state index in [9.17, 15) is 10.2 Å². The number of para-hydroxylation sites is 2. The molecular weight excluding hydrogens is 216 g/mol. The molecule has 4 nitrogen and oxygen atoms in total. The standard InChI is InChI=1S/C13H12N2O2/c16-12-6-5-7(13(12)17)11-10(6)14-8-3-1-2-4-9(8)15-11/h1-4,6-7,12-13,16-17H,5H2. The number of hydrogen-bond donors (Lipinski definition) is 2. The predicted octanol–water partition coefficient (Wildman–Crippen LogP) is 0.936. The molecule has 0 radical (unpaired) electrons. The molecule has 17 heavy (non-hydrogen) atoms. The molecule has 1 aromatic carbocycles. The SMILES string of the molecule is OC1C2CC(c3nc4ccccc4nc32)C1O. The van der Waals surface area contributed by atoms with Gasteiger partial charge in [-0.3, -0.25) is 0 Å². The van der Waals surface area contributed by atoms with Gasteiger partial charge in [0.2, 0.25) is 0 Å². The highest BCUT2D eigenvalue weighted by Crippen LogP contribution is 2.51. The van der Waals surface area contributed by atoms with Gasteiger partial charge in [-0.2, -0.15) is 0 Å². The third kappa shape index (κ3) is 1.09. The van der Waals surface area contributed by atoms with Crippen LogP contribution < -0.4 is 0 Å². The lowest BCUT2D eigenvalue weighted by atomic mass is 9.95. The third-order valence-corrected chi connectivity index (χ3v) is 4.01. The van der Waals surface area contributed by atoms with Crippen LogP contribution in [0.5, 0.6) is 0 Å². The topological polar surface area (TPSA) is 66.2 Å². The summed E-state index contributed by atoms with van der Waals surface area (Å²) >= 11 is 0. The molecule has 2 bridgehead atoms. The molecule has 2 aromatic rings. The van der Waals surface area contributed by atoms with E-state index in [4.69, 9.17) is 0 Å². The zero-order chi connectivity index (χ0) is 11.6. The zero-order valence-electron chi connectivity index (χ0n) is 9.11. The Hall–Kier alpha value is -1.52. The molecule has 2 N–H and O–H groups in total. The lowest BCUT2D eigenvalue weighted by molar-refractivity contribution is 0.0201. The Labute approximate surface area is 98.0 Å². The average Bonchev–Trinajstić information content (AvgIpc) is 2.85. The first-order valence-corrected chi connectivity index (χ1v) is 5.88. The molecule has 2 aliphatic rings. The van der Waals surface area contributed by atoms with Gasteiger partial charge in [0.25, 0.3) is 0 Å². The maximum atomic E-state index is 9.89. The van der Waals surface area contributed by atoms with Crippen LogP contribution >= 0.6 is 0 Å². The molecule has 4 rings (SSSR count). The van der Waals surface area contributed by atoms with Gasteiger partial charge in [0, 0.05) is 11.8 Å². The third-order valence-electron chi connectivity index (χ3n) is 4.01. The van der Waals surface area contributed by atoms with E-state index in [1.54, 1.807) is 0 Å². The maximum absolute atomic E-state index is 9.89. The largest absolute Gasteiger partial charge is 0.390 e. The van der Waals surface area contributed by atoms with Crippen molar-refractivity contribution in [2.24, 2.45) is 0 Å². The molecule has 1 fully saturated rings. The second kappa shape index (κ2) is 3.03. The van der Waals surface area contributed by atoms with Gasteiger partial charge in [-0.1, -0.05) is 12.1 Å². The van der Waals surface area contributed by atoms with Gasteiger partial charge in [-0.05, 0) is 18.6 Å². The van der Waals surface area contributed by atoms with Crippen LogP contribution in [0, 0.1) is 0 Å². The Bertz CT molecular complexity index is 561. The van der Waals surface area contributed by atoms with Crippen molar-refractivity contribution in [2.45, 2.75) is 30.5 Å². The Kier molecular flexibility index (Phi) is 1.69. The van der Waals surface area contributed by atoms with Crippen molar-refractivity contribution in [3.63, 3.8) is 0 Å². The highest BCUT2D eigenvalue weighted by Gasteiger charge is 2.51. The Morgan fingerprint density at radius 3 is 1.82 bits per heavy atom. The lowest BCUT2D eigenvalue weighted by Gasteiger charge is -2.23. The lowest BCUT2D eigenvalue weighted by Crippen LogP contribution is -2.32. The summed E-state index contributed by atoms with van der Waals surface area (Å²) in [6.07, 6.45) is -0.584. The van der Waals surface area contributed by atoms with E-state index < -0.39 is 12.2 Å². The van der Waals surface area contributed by atoms with Crippen LogP contribution in [-0.2, 0) is 0 Å². The summed E-state index contributed by atoms with van der Waals surface area (Å²) < 4.78 is 0.